The van der Waals surface area contributed by atoms with Crippen molar-refractivity contribution in [2.45, 2.75) is 25.7 Å². The summed E-state index contributed by atoms with van der Waals surface area (Å²) in [6.07, 6.45) is 2.84. The average Bonchev–Trinajstić information content (AvgIpc) is 2.84. The largest absolute Gasteiger partial charge is 0.481 e. The second-order valence-electron chi connectivity index (χ2n) is 5.13. The normalized spacial score (nSPS) is 16.9. The molecule has 2 N–H and O–H groups in total. The van der Waals surface area contributed by atoms with Crippen molar-refractivity contribution < 1.29 is 19.1 Å². The van der Waals surface area contributed by atoms with Gasteiger partial charge in [-0.3, -0.25) is 9.59 Å². The molecule has 0 unspecified atom stereocenters. The lowest BCUT2D eigenvalue weighted by molar-refractivity contribution is -0.148. The predicted molar refractivity (Wildman–Crippen MR) is 75.0 cm³/mol. The van der Waals surface area contributed by atoms with Crippen molar-refractivity contribution in [1.82, 2.24) is 5.32 Å². The summed E-state index contributed by atoms with van der Waals surface area (Å²) in [5, 5.41) is 11.9. The first-order valence-electron chi connectivity index (χ1n) is 6.41. The summed E-state index contributed by atoms with van der Waals surface area (Å²) in [6, 6.07) is 3.88. The van der Waals surface area contributed by atoms with E-state index < -0.39 is 23.1 Å². The summed E-state index contributed by atoms with van der Waals surface area (Å²) in [6.45, 7) is 0.0787. The SMILES string of the molecule is O=C(NCC1(C(=O)O)CCCC1)c1cc(F)cc(Br)c1. The van der Waals surface area contributed by atoms with Crippen molar-refractivity contribution in [1.29, 1.82) is 0 Å². The number of carbonyl (C=O) groups excluding carboxylic acids is 1. The highest BCUT2D eigenvalue weighted by Crippen LogP contribution is 2.37. The average molecular weight is 344 g/mol. The Balaban J connectivity index is 2.06. The van der Waals surface area contributed by atoms with Gasteiger partial charge in [-0.05, 0) is 31.0 Å². The fourth-order valence-corrected chi connectivity index (χ4v) is 3.02. The highest BCUT2D eigenvalue weighted by molar-refractivity contribution is 9.10. The third-order valence-corrected chi connectivity index (χ3v) is 4.18. The van der Waals surface area contributed by atoms with Gasteiger partial charge in [0.1, 0.15) is 5.82 Å². The molecule has 1 aromatic rings. The number of halogens is 2. The maximum Gasteiger partial charge on any atom is 0.311 e. The standard InChI is InChI=1S/C14H15BrFNO3/c15-10-5-9(6-11(16)7-10)12(18)17-8-14(13(19)20)3-1-2-4-14/h5-7H,1-4,8H2,(H,17,18)(H,19,20). The number of amides is 1. The molecular weight excluding hydrogens is 329 g/mol. The molecule has 0 spiro atoms. The van der Waals surface area contributed by atoms with Crippen LogP contribution in [-0.2, 0) is 4.79 Å². The Morgan fingerprint density at radius 3 is 2.50 bits per heavy atom. The van der Waals surface area contributed by atoms with Gasteiger partial charge in [0.2, 0.25) is 0 Å². The lowest BCUT2D eigenvalue weighted by atomic mass is 9.86. The van der Waals surface area contributed by atoms with Crippen LogP contribution in [0.25, 0.3) is 0 Å². The number of hydrogen-bond donors (Lipinski definition) is 2. The molecule has 4 nitrogen and oxygen atoms in total. The lowest BCUT2D eigenvalue weighted by Gasteiger charge is -2.24. The van der Waals surface area contributed by atoms with Gasteiger partial charge in [-0.15, -0.1) is 0 Å². The van der Waals surface area contributed by atoms with Crippen molar-refractivity contribution in [2.75, 3.05) is 6.54 Å². The van der Waals surface area contributed by atoms with E-state index in [4.69, 9.17) is 0 Å². The Labute approximate surface area is 124 Å². The minimum absolute atomic E-state index is 0.0787. The highest BCUT2D eigenvalue weighted by atomic mass is 79.9. The van der Waals surface area contributed by atoms with Crippen LogP contribution in [0.5, 0.6) is 0 Å². The molecule has 1 saturated carbocycles. The van der Waals surface area contributed by atoms with Gasteiger partial charge >= 0.3 is 5.97 Å². The second-order valence-corrected chi connectivity index (χ2v) is 6.05. The van der Waals surface area contributed by atoms with Crippen LogP contribution < -0.4 is 5.32 Å². The molecule has 0 atom stereocenters. The van der Waals surface area contributed by atoms with E-state index in [-0.39, 0.29) is 12.1 Å². The van der Waals surface area contributed by atoms with Crippen LogP contribution in [0, 0.1) is 11.2 Å². The molecule has 1 aliphatic carbocycles. The number of nitrogens with one attached hydrogen (secondary N) is 1. The minimum Gasteiger partial charge on any atom is -0.481 e. The third kappa shape index (κ3) is 3.17. The van der Waals surface area contributed by atoms with E-state index >= 15 is 0 Å². The smallest absolute Gasteiger partial charge is 0.311 e. The molecule has 0 bridgehead atoms. The zero-order valence-electron chi connectivity index (χ0n) is 10.8. The molecule has 6 heteroatoms. The number of benzene rings is 1. The van der Waals surface area contributed by atoms with Crippen LogP contribution in [0.2, 0.25) is 0 Å². The molecule has 1 aromatic carbocycles. The Kier molecular flexibility index (Phi) is 4.42. The van der Waals surface area contributed by atoms with Crippen LogP contribution in [0.15, 0.2) is 22.7 Å². The van der Waals surface area contributed by atoms with Gasteiger partial charge in [0.15, 0.2) is 0 Å². The molecular formula is C14H15BrFNO3. The Hall–Kier alpha value is -1.43. The molecule has 2 rings (SSSR count). The summed E-state index contributed by atoms with van der Waals surface area (Å²) >= 11 is 3.12. The van der Waals surface area contributed by atoms with Gasteiger partial charge in [0.25, 0.3) is 5.91 Å². The summed E-state index contributed by atoms with van der Waals surface area (Å²) in [5.41, 5.74) is -0.698. The summed E-state index contributed by atoms with van der Waals surface area (Å²) in [5.74, 6) is -1.85. The van der Waals surface area contributed by atoms with Crippen LogP contribution in [0.1, 0.15) is 36.0 Å². The van der Waals surface area contributed by atoms with Gasteiger partial charge in [0, 0.05) is 16.6 Å². The molecule has 1 fully saturated rings. The Morgan fingerprint density at radius 1 is 1.30 bits per heavy atom. The summed E-state index contributed by atoms with van der Waals surface area (Å²) in [7, 11) is 0. The van der Waals surface area contributed by atoms with Gasteiger partial charge in [-0.2, -0.15) is 0 Å². The van der Waals surface area contributed by atoms with E-state index in [1.54, 1.807) is 0 Å². The molecule has 0 saturated heterocycles. The number of carboxylic acids is 1. The minimum atomic E-state index is -0.879. The highest BCUT2D eigenvalue weighted by Gasteiger charge is 2.41. The molecule has 20 heavy (non-hydrogen) atoms. The number of aliphatic carboxylic acids is 1. The second kappa shape index (κ2) is 5.91. The van der Waals surface area contributed by atoms with Crippen LogP contribution in [-0.4, -0.2) is 23.5 Å². The number of carbonyl (C=O) groups is 2. The van der Waals surface area contributed by atoms with Crippen LogP contribution >= 0.6 is 15.9 Å². The molecule has 0 heterocycles. The van der Waals surface area contributed by atoms with E-state index in [1.165, 1.54) is 12.1 Å². The van der Waals surface area contributed by atoms with Crippen molar-refractivity contribution in [2.24, 2.45) is 5.41 Å². The van der Waals surface area contributed by atoms with Crippen molar-refractivity contribution in [3.8, 4) is 0 Å². The van der Waals surface area contributed by atoms with E-state index in [1.807, 2.05) is 0 Å². The molecule has 0 radical (unpaired) electrons. The number of carboxylic acid groups (broad SMARTS) is 1. The van der Waals surface area contributed by atoms with E-state index in [0.29, 0.717) is 17.3 Å². The maximum absolute atomic E-state index is 13.2. The molecule has 0 aromatic heterocycles. The lowest BCUT2D eigenvalue weighted by Crippen LogP contribution is -2.41. The monoisotopic (exact) mass is 343 g/mol. The zero-order valence-corrected chi connectivity index (χ0v) is 12.4. The summed E-state index contributed by atoms with van der Waals surface area (Å²) < 4.78 is 13.7. The van der Waals surface area contributed by atoms with Crippen molar-refractivity contribution >= 4 is 27.8 Å². The molecule has 1 aliphatic rings. The van der Waals surface area contributed by atoms with Crippen molar-refractivity contribution in [3.63, 3.8) is 0 Å². The van der Waals surface area contributed by atoms with Gasteiger partial charge in [0.05, 0.1) is 5.41 Å². The summed E-state index contributed by atoms with van der Waals surface area (Å²) in [4.78, 5) is 23.3. The van der Waals surface area contributed by atoms with Gasteiger partial charge in [-0.25, -0.2) is 4.39 Å². The maximum atomic E-state index is 13.2. The fraction of sp³-hybridized carbons (Fsp3) is 0.429. The third-order valence-electron chi connectivity index (χ3n) is 3.73. The first-order valence-corrected chi connectivity index (χ1v) is 7.20. The first-order chi connectivity index (χ1) is 9.43. The predicted octanol–water partition coefficient (Wildman–Crippen LogP) is 2.96. The zero-order chi connectivity index (χ0) is 14.8. The van der Waals surface area contributed by atoms with E-state index in [9.17, 15) is 19.1 Å². The molecule has 0 aliphatic heterocycles. The van der Waals surface area contributed by atoms with Gasteiger partial charge in [-0.1, -0.05) is 28.8 Å². The van der Waals surface area contributed by atoms with E-state index in [2.05, 4.69) is 21.2 Å². The van der Waals surface area contributed by atoms with Crippen LogP contribution in [0.3, 0.4) is 0 Å². The Morgan fingerprint density at radius 2 is 1.95 bits per heavy atom. The molecule has 1 amide bonds. The number of rotatable bonds is 4. The topological polar surface area (TPSA) is 66.4 Å². The quantitative estimate of drug-likeness (QED) is 0.883. The first kappa shape index (κ1) is 15.0. The van der Waals surface area contributed by atoms with Gasteiger partial charge < -0.3 is 10.4 Å². The van der Waals surface area contributed by atoms with E-state index in [0.717, 1.165) is 18.9 Å². The van der Waals surface area contributed by atoms with Crippen molar-refractivity contribution in [3.05, 3.63) is 34.1 Å². The van der Waals surface area contributed by atoms with Crippen LogP contribution in [0.4, 0.5) is 4.39 Å². The Bertz CT molecular complexity index is 521. The fourth-order valence-electron chi connectivity index (χ4n) is 2.55. The molecule has 108 valence electrons. The number of hydrogen-bond acceptors (Lipinski definition) is 2.